The van der Waals surface area contributed by atoms with E-state index in [1.54, 1.807) is 4.90 Å². The van der Waals surface area contributed by atoms with E-state index in [1.165, 1.54) is 35.6 Å². The molecule has 4 rings (SSSR count). The molecule has 0 bridgehead atoms. The molecule has 29 heavy (non-hydrogen) atoms. The zero-order valence-electron chi connectivity index (χ0n) is 16.0. The molecule has 8 heteroatoms. The van der Waals surface area contributed by atoms with Crippen molar-refractivity contribution in [2.75, 3.05) is 44.3 Å². The van der Waals surface area contributed by atoms with Crippen LogP contribution in [-0.4, -0.2) is 55.2 Å². The quantitative estimate of drug-likeness (QED) is 0.599. The van der Waals surface area contributed by atoms with Crippen molar-refractivity contribution in [2.45, 2.75) is 6.92 Å². The maximum Gasteiger partial charge on any atom is 0.260 e. The number of amides is 1. The highest BCUT2D eigenvalue weighted by Gasteiger charge is 2.23. The van der Waals surface area contributed by atoms with E-state index < -0.39 is 0 Å². The summed E-state index contributed by atoms with van der Waals surface area (Å²) in [4.78, 5) is 21.9. The van der Waals surface area contributed by atoms with Gasteiger partial charge in [0.15, 0.2) is 5.13 Å². The number of ether oxygens (including phenoxy) is 1. The number of nitrogens with zero attached hydrogens (tertiary/aromatic N) is 3. The Labute approximate surface area is 177 Å². The van der Waals surface area contributed by atoms with E-state index in [9.17, 15) is 9.18 Å². The van der Waals surface area contributed by atoms with Crippen LogP contribution in [0.2, 0.25) is 5.02 Å². The van der Waals surface area contributed by atoms with Crippen LogP contribution in [0.5, 0.6) is 0 Å². The Morgan fingerprint density at radius 1 is 1.24 bits per heavy atom. The Balaban J connectivity index is 1.67. The predicted molar refractivity (Wildman–Crippen MR) is 115 cm³/mol. The van der Waals surface area contributed by atoms with Gasteiger partial charge in [-0.05, 0) is 42.8 Å². The number of carbonyl (C=O) groups is 1. The third-order valence-electron chi connectivity index (χ3n) is 5.00. The minimum atomic E-state index is -0.371. The van der Waals surface area contributed by atoms with Crippen LogP contribution in [0.25, 0.3) is 10.2 Å². The number of aryl methyl sites for hydroxylation is 1. The molecule has 3 aromatic rings. The van der Waals surface area contributed by atoms with Gasteiger partial charge in [0, 0.05) is 31.7 Å². The summed E-state index contributed by atoms with van der Waals surface area (Å²) in [5.74, 6) is -0.574. The number of benzene rings is 2. The molecule has 0 radical (unpaired) electrons. The van der Waals surface area contributed by atoms with E-state index in [4.69, 9.17) is 21.3 Å². The molecule has 0 N–H and O–H groups in total. The average molecular weight is 434 g/mol. The Kier molecular flexibility index (Phi) is 6.10. The second-order valence-corrected chi connectivity index (χ2v) is 8.34. The summed E-state index contributed by atoms with van der Waals surface area (Å²) in [7, 11) is 0. The van der Waals surface area contributed by atoms with Crippen molar-refractivity contribution in [3.8, 4) is 0 Å². The first-order valence-corrected chi connectivity index (χ1v) is 10.7. The number of morpholine rings is 1. The van der Waals surface area contributed by atoms with Crippen LogP contribution in [-0.2, 0) is 4.74 Å². The van der Waals surface area contributed by atoms with E-state index in [0.717, 1.165) is 28.9 Å². The van der Waals surface area contributed by atoms with Gasteiger partial charge in [-0.3, -0.25) is 14.6 Å². The van der Waals surface area contributed by atoms with Crippen LogP contribution >= 0.6 is 22.9 Å². The van der Waals surface area contributed by atoms with Crippen LogP contribution in [0.15, 0.2) is 36.4 Å². The second-order valence-electron chi connectivity index (χ2n) is 6.96. The minimum Gasteiger partial charge on any atom is -0.379 e. The van der Waals surface area contributed by atoms with Crippen LogP contribution in [0, 0.1) is 12.7 Å². The van der Waals surface area contributed by atoms with E-state index in [2.05, 4.69) is 4.90 Å². The fourth-order valence-corrected chi connectivity index (χ4v) is 4.65. The number of halogens is 2. The summed E-state index contributed by atoms with van der Waals surface area (Å²) >= 11 is 7.77. The summed E-state index contributed by atoms with van der Waals surface area (Å²) in [5, 5.41) is 1.22. The van der Waals surface area contributed by atoms with E-state index in [-0.39, 0.29) is 11.7 Å². The van der Waals surface area contributed by atoms with Crippen molar-refractivity contribution < 1.29 is 13.9 Å². The summed E-state index contributed by atoms with van der Waals surface area (Å²) in [6.45, 7) is 6.23. The SMILES string of the molecule is Cc1ccc(Cl)c2sc(N(CCN3CCOCC3)C(=O)c3ccc(F)cc3)nc12. The van der Waals surface area contributed by atoms with E-state index in [1.807, 2.05) is 19.1 Å². The molecule has 1 amide bonds. The number of thiazole rings is 1. The summed E-state index contributed by atoms with van der Waals surface area (Å²) < 4.78 is 19.6. The van der Waals surface area contributed by atoms with Crippen molar-refractivity contribution >= 4 is 44.2 Å². The first kappa shape index (κ1) is 20.2. The van der Waals surface area contributed by atoms with Gasteiger partial charge < -0.3 is 4.74 Å². The van der Waals surface area contributed by atoms with Gasteiger partial charge in [-0.25, -0.2) is 9.37 Å². The Morgan fingerprint density at radius 2 is 1.97 bits per heavy atom. The number of carbonyl (C=O) groups excluding carboxylic acids is 1. The standard InChI is InChI=1S/C21H21ClFN3O2S/c1-14-2-7-17(22)19-18(14)24-21(29-19)26(9-8-25-10-12-28-13-11-25)20(27)15-3-5-16(23)6-4-15/h2-7H,8-13H2,1H3. The number of rotatable bonds is 5. The Morgan fingerprint density at radius 3 is 2.66 bits per heavy atom. The number of aromatic nitrogens is 1. The smallest absolute Gasteiger partial charge is 0.260 e. The highest BCUT2D eigenvalue weighted by Crippen LogP contribution is 2.36. The highest BCUT2D eigenvalue weighted by molar-refractivity contribution is 7.23. The van der Waals surface area contributed by atoms with Crippen molar-refractivity contribution in [3.63, 3.8) is 0 Å². The van der Waals surface area contributed by atoms with Gasteiger partial charge in [0.05, 0.1) is 28.5 Å². The van der Waals surface area contributed by atoms with Crippen molar-refractivity contribution in [1.29, 1.82) is 0 Å². The predicted octanol–water partition coefficient (Wildman–Crippen LogP) is 4.38. The lowest BCUT2D eigenvalue weighted by atomic mass is 10.2. The first-order chi connectivity index (χ1) is 14.0. The summed E-state index contributed by atoms with van der Waals surface area (Å²) in [6.07, 6.45) is 0. The van der Waals surface area contributed by atoms with Crippen LogP contribution in [0.1, 0.15) is 15.9 Å². The molecule has 0 atom stereocenters. The van der Waals surface area contributed by atoms with E-state index in [0.29, 0.717) is 42.0 Å². The molecular formula is C21H21ClFN3O2S. The number of hydrogen-bond donors (Lipinski definition) is 0. The first-order valence-electron chi connectivity index (χ1n) is 9.46. The lowest BCUT2D eigenvalue weighted by Gasteiger charge is -2.29. The van der Waals surface area contributed by atoms with Gasteiger partial charge >= 0.3 is 0 Å². The summed E-state index contributed by atoms with van der Waals surface area (Å²) in [5.41, 5.74) is 2.24. The molecule has 1 aliphatic rings. The third kappa shape index (κ3) is 4.43. The molecule has 1 saturated heterocycles. The third-order valence-corrected chi connectivity index (χ3v) is 6.54. The molecule has 1 aromatic heterocycles. The van der Waals surface area contributed by atoms with Gasteiger partial charge in [0.25, 0.3) is 5.91 Å². The van der Waals surface area contributed by atoms with Gasteiger partial charge in [-0.1, -0.05) is 29.0 Å². The highest BCUT2D eigenvalue weighted by atomic mass is 35.5. The van der Waals surface area contributed by atoms with Crippen LogP contribution in [0.3, 0.4) is 0 Å². The Bertz CT molecular complexity index is 980. The van der Waals surface area contributed by atoms with Crippen molar-refractivity contribution in [3.05, 3.63) is 58.4 Å². The normalized spacial score (nSPS) is 15.0. The van der Waals surface area contributed by atoms with Gasteiger partial charge in [0.1, 0.15) is 5.82 Å². The average Bonchev–Trinajstić information content (AvgIpc) is 3.19. The fourth-order valence-electron chi connectivity index (χ4n) is 3.30. The topological polar surface area (TPSA) is 45.7 Å². The zero-order chi connectivity index (χ0) is 20.4. The maximum atomic E-state index is 13.3. The molecular weight excluding hydrogens is 413 g/mol. The number of fused-ring (bicyclic) bond motifs is 1. The lowest BCUT2D eigenvalue weighted by molar-refractivity contribution is 0.0391. The molecule has 5 nitrogen and oxygen atoms in total. The monoisotopic (exact) mass is 433 g/mol. The van der Waals surface area contributed by atoms with Crippen molar-refractivity contribution in [2.24, 2.45) is 0 Å². The van der Waals surface area contributed by atoms with Gasteiger partial charge in [-0.2, -0.15) is 0 Å². The molecule has 0 spiro atoms. The number of anilines is 1. The number of hydrogen-bond acceptors (Lipinski definition) is 5. The molecule has 0 saturated carbocycles. The zero-order valence-corrected chi connectivity index (χ0v) is 17.6. The Hall–Kier alpha value is -2.06. The van der Waals surface area contributed by atoms with Crippen LogP contribution < -0.4 is 4.90 Å². The molecule has 152 valence electrons. The van der Waals surface area contributed by atoms with Crippen LogP contribution in [0.4, 0.5) is 9.52 Å². The molecule has 1 fully saturated rings. The van der Waals surface area contributed by atoms with Gasteiger partial charge in [0.2, 0.25) is 0 Å². The lowest BCUT2D eigenvalue weighted by Crippen LogP contribution is -2.43. The minimum absolute atomic E-state index is 0.203. The summed E-state index contributed by atoms with van der Waals surface area (Å²) in [6, 6.07) is 9.38. The molecule has 2 heterocycles. The molecule has 0 aliphatic carbocycles. The largest absolute Gasteiger partial charge is 0.379 e. The van der Waals surface area contributed by atoms with E-state index >= 15 is 0 Å². The molecule has 0 unspecified atom stereocenters. The van der Waals surface area contributed by atoms with Crippen molar-refractivity contribution in [1.82, 2.24) is 9.88 Å². The fraction of sp³-hybridized carbons (Fsp3) is 0.333. The maximum absolute atomic E-state index is 13.3. The second kappa shape index (κ2) is 8.75. The molecule has 1 aliphatic heterocycles. The van der Waals surface area contributed by atoms with Gasteiger partial charge in [-0.15, -0.1) is 0 Å². The molecule has 2 aromatic carbocycles.